The lowest BCUT2D eigenvalue weighted by Crippen LogP contribution is -2.41. The van der Waals surface area contributed by atoms with E-state index in [1.807, 2.05) is 83.9 Å². The highest BCUT2D eigenvalue weighted by Gasteiger charge is 2.28. The van der Waals surface area contributed by atoms with Crippen LogP contribution in [0.3, 0.4) is 0 Å². The number of aromatic nitrogens is 1. The fourth-order valence-corrected chi connectivity index (χ4v) is 5.29. The zero-order chi connectivity index (χ0) is 24.0. The molecule has 5 nitrogen and oxygen atoms in total. The Morgan fingerprint density at radius 1 is 0.914 bits per heavy atom. The number of hydrogen-bond donors (Lipinski definition) is 1. The van der Waals surface area contributed by atoms with Crippen LogP contribution in [0.5, 0.6) is 0 Å². The van der Waals surface area contributed by atoms with Gasteiger partial charge < -0.3 is 10.2 Å². The van der Waals surface area contributed by atoms with Gasteiger partial charge in [-0.3, -0.25) is 14.6 Å². The van der Waals surface area contributed by atoms with Gasteiger partial charge in [0, 0.05) is 53.3 Å². The molecule has 1 aliphatic rings. The molecule has 0 radical (unpaired) electrons. The first-order chi connectivity index (χ1) is 17.2. The summed E-state index contributed by atoms with van der Waals surface area (Å²) < 4.78 is 0. The monoisotopic (exact) mass is 481 g/mol. The third kappa shape index (κ3) is 5.54. The molecule has 176 valence electrons. The number of amides is 2. The van der Waals surface area contributed by atoms with Crippen LogP contribution in [0.1, 0.15) is 28.8 Å². The number of anilines is 1. The zero-order valence-corrected chi connectivity index (χ0v) is 20.2. The standard InChI is InChI=1S/C29H27N3O2S/c33-28(31-24-10-12-25(13-11-24)35-20-21-5-4-16-30-19-21)23-14-17-32(18-15-23)29(34)27-9-3-7-22-6-1-2-8-26(22)27/h1-13,16,19,23H,14-15,17-18,20H2,(H,31,33). The number of carbonyl (C=O) groups is 2. The van der Waals surface area contributed by atoms with E-state index >= 15 is 0 Å². The number of nitrogens with zero attached hydrogens (tertiary/aromatic N) is 2. The number of likely N-dealkylation sites (tertiary alicyclic amines) is 1. The van der Waals surface area contributed by atoms with Gasteiger partial charge in [0.15, 0.2) is 0 Å². The van der Waals surface area contributed by atoms with Crippen molar-refractivity contribution >= 4 is 40.0 Å². The van der Waals surface area contributed by atoms with Crippen LogP contribution in [-0.2, 0) is 10.5 Å². The fourth-order valence-electron chi connectivity index (χ4n) is 4.46. The first-order valence-corrected chi connectivity index (χ1v) is 12.9. The molecule has 1 N–H and O–H groups in total. The lowest BCUT2D eigenvalue weighted by molar-refractivity contribution is -0.121. The molecule has 1 fully saturated rings. The van der Waals surface area contributed by atoms with Crippen molar-refractivity contribution in [3.63, 3.8) is 0 Å². The molecule has 5 rings (SSSR count). The van der Waals surface area contributed by atoms with Crippen molar-refractivity contribution in [3.8, 4) is 0 Å². The number of pyridine rings is 1. The molecule has 6 heteroatoms. The van der Waals surface area contributed by atoms with Gasteiger partial charge in [-0.1, -0.05) is 42.5 Å². The summed E-state index contributed by atoms with van der Waals surface area (Å²) in [6.07, 6.45) is 4.99. The van der Waals surface area contributed by atoms with Crippen LogP contribution < -0.4 is 5.32 Å². The van der Waals surface area contributed by atoms with Gasteiger partial charge in [-0.2, -0.15) is 0 Å². The second-order valence-corrected chi connectivity index (χ2v) is 9.81. The minimum absolute atomic E-state index is 0.0259. The smallest absolute Gasteiger partial charge is 0.254 e. The number of rotatable bonds is 6. The lowest BCUT2D eigenvalue weighted by atomic mass is 9.94. The topological polar surface area (TPSA) is 62.3 Å². The molecule has 0 saturated carbocycles. The Kier molecular flexibility index (Phi) is 7.09. The van der Waals surface area contributed by atoms with Gasteiger partial charge in [-0.15, -0.1) is 11.8 Å². The summed E-state index contributed by atoms with van der Waals surface area (Å²) in [6.45, 7) is 1.17. The normalized spacial score (nSPS) is 14.1. The highest BCUT2D eigenvalue weighted by Crippen LogP contribution is 2.26. The van der Waals surface area contributed by atoms with E-state index in [1.165, 1.54) is 5.56 Å². The van der Waals surface area contributed by atoms with E-state index < -0.39 is 0 Å². The van der Waals surface area contributed by atoms with Gasteiger partial charge >= 0.3 is 0 Å². The Morgan fingerprint density at radius 2 is 1.69 bits per heavy atom. The van der Waals surface area contributed by atoms with Gasteiger partial charge in [-0.25, -0.2) is 0 Å². The second kappa shape index (κ2) is 10.7. The molecule has 3 aromatic carbocycles. The molecule has 0 bridgehead atoms. The van der Waals surface area contributed by atoms with Crippen molar-refractivity contribution in [3.05, 3.63) is 102 Å². The predicted octanol–water partition coefficient (Wildman–Crippen LogP) is 6.02. The largest absolute Gasteiger partial charge is 0.339 e. The van der Waals surface area contributed by atoms with Crippen molar-refractivity contribution in [1.82, 2.24) is 9.88 Å². The van der Waals surface area contributed by atoms with Crippen LogP contribution >= 0.6 is 11.8 Å². The number of nitrogens with one attached hydrogen (secondary N) is 1. The predicted molar refractivity (Wildman–Crippen MR) is 141 cm³/mol. The van der Waals surface area contributed by atoms with E-state index in [4.69, 9.17) is 0 Å². The number of fused-ring (bicyclic) bond motifs is 1. The average Bonchev–Trinajstić information content (AvgIpc) is 2.92. The molecule has 2 amide bonds. The molecule has 0 spiro atoms. The Bertz CT molecular complexity index is 1310. The number of carbonyl (C=O) groups excluding carboxylic acids is 2. The average molecular weight is 482 g/mol. The van der Waals surface area contributed by atoms with Crippen molar-refractivity contribution in [2.24, 2.45) is 5.92 Å². The van der Waals surface area contributed by atoms with Gasteiger partial charge in [0.05, 0.1) is 0 Å². The molecule has 1 aromatic heterocycles. The Labute approximate surface area is 209 Å². The number of thioether (sulfide) groups is 1. The van der Waals surface area contributed by atoms with E-state index in [1.54, 1.807) is 18.0 Å². The summed E-state index contributed by atoms with van der Waals surface area (Å²) >= 11 is 1.74. The molecule has 0 aliphatic carbocycles. The fraction of sp³-hybridized carbons (Fsp3) is 0.207. The second-order valence-electron chi connectivity index (χ2n) is 8.76. The molecular formula is C29H27N3O2S. The molecule has 0 unspecified atom stereocenters. The maximum atomic E-state index is 13.2. The maximum Gasteiger partial charge on any atom is 0.254 e. The summed E-state index contributed by atoms with van der Waals surface area (Å²) in [7, 11) is 0. The first-order valence-electron chi connectivity index (χ1n) is 11.9. The molecular weight excluding hydrogens is 454 g/mol. The van der Waals surface area contributed by atoms with Crippen molar-refractivity contribution in [2.45, 2.75) is 23.5 Å². The van der Waals surface area contributed by atoms with Crippen LogP contribution in [0.25, 0.3) is 10.8 Å². The SMILES string of the molecule is O=C(Nc1ccc(SCc2cccnc2)cc1)C1CCN(C(=O)c2cccc3ccccc23)CC1. The highest BCUT2D eigenvalue weighted by atomic mass is 32.2. The summed E-state index contributed by atoms with van der Waals surface area (Å²) in [6, 6.07) is 25.8. The first kappa shape index (κ1) is 23.1. The van der Waals surface area contributed by atoms with Gasteiger partial charge in [0.25, 0.3) is 5.91 Å². The van der Waals surface area contributed by atoms with Crippen molar-refractivity contribution in [1.29, 1.82) is 0 Å². The van der Waals surface area contributed by atoms with Crippen LogP contribution in [0.4, 0.5) is 5.69 Å². The molecule has 2 heterocycles. The molecule has 1 saturated heterocycles. The van der Waals surface area contributed by atoms with E-state index in [0.717, 1.165) is 32.7 Å². The number of benzene rings is 3. The van der Waals surface area contributed by atoms with E-state index in [-0.39, 0.29) is 17.7 Å². The number of hydrogen-bond acceptors (Lipinski definition) is 4. The maximum absolute atomic E-state index is 13.2. The summed E-state index contributed by atoms with van der Waals surface area (Å²) in [5, 5.41) is 5.09. The zero-order valence-electron chi connectivity index (χ0n) is 19.4. The quantitative estimate of drug-likeness (QED) is 0.342. The van der Waals surface area contributed by atoms with Crippen LogP contribution in [0.2, 0.25) is 0 Å². The third-order valence-corrected chi connectivity index (χ3v) is 7.51. The van der Waals surface area contributed by atoms with E-state index in [0.29, 0.717) is 25.9 Å². The summed E-state index contributed by atoms with van der Waals surface area (Å²) in [5.74, 6) is 0.833. The van der Waals surface area contributed by atoms with Crippen LogP contribution in [0.15, 0.2) is 96.2 Å². The molecule has 35 heavy (non-hydrogen) atoms. The Morgan fingerprint density at radius 3 is 2.46 bits per heavy atom. The van der Waals surface area contributed by atoms with Crippen molar-refractivity contribution < 1.29 is 9.59 Å². The van der Waals surface area contributed by atoms with Crippen LogP contribution in [-0.4, -0.2) is 34.8 Å². The Balaban J connectivity index is 1.13. The molecule has 0 atom stereocenters. The lowest BCUT2D eigenvalue weighted by Gasteiger charge is -2.31. The number of piperidine rings is 1. The summed E-state index contributed by atoms with van der Waals surface area (Å²) in [4.78, 5) is 33.2. The van der Waals surface area contributed by atoms with E-state index in [9.17, 15) is 9.59 Å². The van der Waals surface area contributed by atoms with Crippen LogP contribution in [0, 0.1) is 5.92 Å². The van der Waals surface area contributed by atoms with Gasteiger partial charge in [-0.05, 0) is 65.6 Å². The van der Waals surface area contributed by atoms with Crippen molar-refractivity contribution in [2.75, 3.05) is 18.4 Å². The third-order valence-electron chi connectivity index (χ3n) is 6.42. The summed E-state index contributed by atoms with van der Waals surface area (Å²) in [5.41, 5.74) is 2.71. The van der Waals surface area contributed by atoms with Gasteiger partial charge in [0.1, 0.15) is 0 Å². The highest BCUT2D eigenvalue weighted by molar-refractivity contribution is 7.98. The molecule has 1 aliphatic heterocycles. The van der Waals surface area contributed by atoms with Gasteiger partial charge in [0.2, 0.25) is 5.91 Å². The Hall–Kier alpha value is -3.64. The van der Waals surface area contributed by atoms with E-state index in [2.05, 4.69) is 16.4 Å². The minimum Gasteiger partial charge on any atom is -0.339 e. The molecule has 4 aromatic rings. The minimum atomic E-state index is -0.0915.